The molecule has 0 aliphatic carbocycles. The van der Waals surface area contributed by atoms with E-state index in [2.05, 4.69) is 31.9 Å². The third-order valence-corrected chi connectivity index (χ3v) is 6.91. The highest BCUT2D eigenvalue weighted by Gasteiger charge is 2.17. The maximum atomic E-state index is 6.20. The minimum Gasteiger partial charge on any atom is -0.410 e. The van der Waals surface area contributed by atoms with Crippen molar-refractivity contribution < 1.29 is 4.42 Å². The van der Waals surface area contributed by atoms with Gasteiger partial charge in [0.05, 0.1) is 27.5 Å². The van der Waals surface area contributed by atoms with Gasteiger partial charge in [0, 0.05) is 11.6 Å². The van der Waals surface area contributed by atoms with Crippen LogP contribution < -0.4 is 0 Å². The molecule has 0 saturated heterocycles. The number of benzene rings is 2. The maximum Gasteiger partial charge on any atom is 0.277 e. The molecule has 0 amide bonds. The molecule has 0 aliphatic heterocycles. The largest absolute Gasteiger partial charge is 0.410 e. The van der Waals surface area contributed by atoms with Crippen molar-refractivity contribution in [1.82, 2.24) is 24.7 Å². The zero-order chi connectivity index (χ0) is 21.4. The first-order chi connectivity index (χ1) is 15.1. The minimum atomic E-state index is 0.509. The summed E-state index contributed by atoms with van der Waals surface area (Å²) in [6.07, 6.45) is 0. The lowest BCUT2D eigenvalue weighted by Gasteiger charge is -2.09. The Kier molecular flexibility index (Phi) is 5.52. The summed E-state index contributed by atoms with van der Waals surface area (Å²) in [7, 11) is 0. The summed E-state index contributed by atoms with van der Waals surface area (Å²) < 4.78 is 8.10. The number of fused-ring (bicyclic) bond motifs is 1. The van der Waals surface area contributed by atoms with Gasteiger partial charge in [-0.1, -0.05) is 53.7 Å². The molecule has 3 heterocycles. The zero-order valence-electron chi connectivity index (χ0n) is 16.9. The molecule has 5 aromatic rings. The average Bonchev–Trinajstić information content (AvgIpc) is 3.44. The number of halogens is 1. The van der Waals surface area contributed by atoms with Crippen LogP contribution in [-0.2, 0) is 12.3 Å². The Morgan fingerprint density at radius 2 is 1.90 bits per heavy atom. The zero-order valence-corrected chi connectivity index (χ0v) is 19.3. The van der Waals surface area contributed by atoms with E-state index < -0.39 is 0 Å². The summed E-state index contributed by atoms with van der Waals surface area (Å²) in [6, 6.07) is 16.1. The molecule has 0 N–H and O–H groups in total. The Bertz CT molecular complexity index is 1360. The molecule has 0 bridgehead atoms. The van der Waals surface area contributed by atoms with Crippen molar-refractivity contribution in [3.8, 4) is 10.8 Å². The molecule has 2 aromatic carbocycles. The molecule has 9 heteroatoms. The van der Waals surface area contributed by atoms with Crippen LogP contribution in [0.4, 0.5) is 0 Å². The van der Waals surface area contributed by atoms with E-state index in [0.717, 1.165) is 39.0 Å². The predicted molar refractivity (Wildman–Crippen MR) is 125 cm³/mol. The highest BCUT2D eigenvalue weighted by atomic mass is 35.5. The van der Waals surface area contributed by atoms with Gasteiger partial charge in [0.1, 0.15) is 10.7 Å². The second-order valence-corrected chi connectivity index (χ2v) is 9.61. The van der Waals surface area contributed by atoms with Crippen LogP contribution in [0.2, 0.25) is 5.02 Å². The lowest BCUT2D eigenvalue weighted by atomic mass is 10.2. The minimum absolute atomic E-state index is 0.509. The first-order valence-corrected chi connectivity index (χ1v) is 11.8. The van der Waals surface area contributed by atoms with Crippen LogP contribution in [0.15, 0.2) is 58.2 Å². The van der Waals surface area contributed by atoms with Crippen molar-refractivity contribution in [2.24, 2.45) is 0 Å². The van der Waals surface area contributed by atoms with Crippen LogP contribution in [0, 0.1) is 13.8 Å². The number of thiazole rings is 1. The number of aromatic nitrogens is 5. The van der Waals surface area contributed by atoms with Crippen molar-refractivity contribution in [3.63, 3.8) is 0 Å². The van der Waals surface area contributed by atoms with Crippen molar-refractivity contribution >= 4 is 45.7 Å². The van der Waals surface area contributed by atoms with Crippen LogP contribution in [0.5, 0.6) is 0 Å². The number of imidazole rings is 1. The average molecular weight is 468 g/mol. The fourth-order valence-electron chi connectivity index (χ4n) is 3.42. The van der Waals surface area contributed by atoms with E-state index in [4.69, 9.17) is 21.0 Å². The van der Waals surface area contributed by atoms with Gasteiger partial charge >= 0.3 is 0 Å². The van der Waals surface area contributed by atoms with Gasteiger partial charge in [-0.25, -0.2) is 9.97 Å². The van der Waals surface area contributed by atoms with Gasteiger partial charge in [-0.05, 0) is 37.6 Å². The summed E-state index contributed by atoms with van der Waals surface area (Å²) in [5.74, 6) is 2.03. The van der Waals surface area contributed by atoms with Gasteiger partial charge < -0.3 is 8.98 Å². The van der Waals surface area contributed by atoms with E-state index in [1.807, 2.05) is 50.2 Å². The first-order valence-electron chi connectivity index (χ1n) is 9.66. The Labute approximate surface area is 192 Å². The van der Waals surface area contributed by atoms with E-state index in [1.54, 1.807) is 11.3 Å². The smallest absolute Gasteiger partial charge is 0.277 e. The van der Waals surface area contributed by atoms with Crippen LogP contribution in [0.25, 0.3) is 21.8 Å². The number of rotatable bonds is 6. The maximum absolute atomic E-state index is 6.20. The molecule has 0 fully saturated rings. The van der Waals surface area contributed by atoms with E-state index >= 15 is 0 Å². The molecule has 31 heavy (non-hydrogen) atoms. The van der Waals surface area contributed by atoms with E-state index in [-0.39, 0.29) is 0 Å². The van der Waals surface area contributed by atoms with Crippen LogP contribution in [-0.4, -0.2) is 24.7 Å². The molecule has 0 atom stereocenters. The topological polar surface area (TPSA) is 69.6 Å². The molecular weight excluding hydrogens is 450 g/mol. The second kappa shape index (κ2) is 8.45. The Balaban J connectivity index is 1.42. The van der Waals surface area contributed by atoms with Gasteiger partial charge in [-0.2, -0.15) is 0 Å². The van der Waals surface area contributed by atoms with Crippen molar-refractivity contribution in [2.75, 3.05) is 0 Å². The van der Waals surface area contributed by atoms with Crippen LogP contribution in [0.3, 0.4) is 0 Å². The highest BCUT2D eigenvalue weighted by Crippen LogP contribution is 2.32. The Hall–Kier alpha value is -2.68. The summed E-state index contributed by atoms with van der Waals surface area (Å²) in [6.45, 7) is 4.65. The van der Waals surface area contributed by atoms with Gasteiger partial charge in [0.2, 0.25) is 0 Å². The standard InChI is InChI=1S/C22H18ClN5OS2/c1-13-20(31-14(2)24-13)21-26-27-22(29-21)30-12-19-25-17-10-16(23)8-9-18(17)28(19)11-15-6-4-3-5-7-15/h3-10H,11-12H2,1-2H3. The molecule has 0 saturated carbocycles. The summed E-state index contributed by atoms with van der Waals surface area (Å²) in [4.78, 5) is 10.2. The molecule has 0 radical (unpaired) electrons. The summed E-state index contributed by atoms with van der Waals surface area (Å²) in [5.41, 5.74) is 4.04. The molecule has 0 spiro atoms. The molecule has 0 aliphatic rings. The molecule has 6 nitrogen and oxygen atoms in total. The van der Waals surface area contributed by atoms with Crippen LogP contribution in [0.1, 0.15) is 22.1 Å². The summed E-state index contributed by atoms with van der Waals surface area (Å²) in [5, 5.41) is 10.6. The molecule has 3 aromatic heterocycles. The van der Waals surface area contributed by atoms with E-state index in [9.17, 15) is 0 Å². The molecule has 156 valence electrons. The third-order valence-electron chi connectivity index (χ3n) is 4.80. The van der Waals surface area contributed by atoms with Gasteiger partial charge in [0.25, 0.3) is 11.1 Å². The first kappa shape index (κ1) is 20.2. The number of nitrogens with zero attached hydrogens (tertiary/aromatic N) is 5. The number of thioether (sulfide) groups is 1. The predicted octanol–water partition coefficient (Wildman–Crippen LogP) is 6.15. The van der Waals surface area contributed by atoms with Gasteiger partial charge in [-0.15, -0.1) is 21.5 Å². The number of aryl methyl sites for hydroxylation is 2. The lowest BCUT2D eigenvalue weighted by molar-refractivity contribution is 0.466. The fourth-order valence-corrected chi connectivity index (χ4v) is 5.14. The highest BCUT2D eigenvalue weighted by molar-refractivity contribution is 7.98. The second-order valence-electron chi connectivity index (χ2n) is 7.04. The Morgan fingerprint density at radius 3 is 2.68 bits per heavy atom. The normalized spacial score (nSPS) is 11.5. The van der Waals surface area contributed by atoms with Crippen molar-refractivity contribution in [1.29, 1.82) is 0 Å². The molecule has 5 rings (SSSR count). The Morgan fingerprint density at radius 1 is 1.06 bits per heavy atom. The number of hydrogen-bond donors (Lipinski definition) is 0. The molecular formula is C22H18ClN5OS2. The quantitative estimate of drug-likeness (QED) is 0.279. The van der Waals surface area contributed by atoms with E-state index in [0.29, 0.717) is 21.9 Å². The van der Waals surface area contributed by atoms with Gasteiger partial charge in [0.15, 0.2) is 0 Å². The third kappa shape index (κ3) is 4.23. The SMILES string of the molecule is Cc1nc(C)c(-c2nnc(SCc3nc4cc(Cl)ccc4n3Cc3ccccc3)o2)s1. The van der Waals surface area contributed by atoms with E-state index in [1.165, 1.54) is 17.3 Å². The fraction of sp³-hybridized carbons (Fsp3) is 0.182. The van der Waals surface area contributed by atoms with Crippen molar-refractivity contribution in [3.05, 3.63) is 75.6 Å². The van der Waals surface area contributed by atoms with Gasteiger partial charge in [-0.3, -0.25) is 0 Å². The lowest BCUT2D eigenvalue weighted by Crippen LogP contribution is -2.04. The molecule has 0 unspecified atom stereocenters. The van der Waals surface area contributed by atoms with Crippen LogP contribution >= 0.6 is 34.7 Å². The monoisotopic (exact) mass is 467 g/mol. The van der Waals surface area contributed by atoms with Crippen molar-refractivity contribution in [2.45, 2.75) is 31.4 Å². The number of hydrogen-bond acceptors (Lipinski definition) is 7. The summed E-state index contributed by atoms with van der Waals surface area (Å²) >= 11 is 9.23.